The van der Waals surface area contributed by atoms with E-state index in [0.717, 1.165) is 17.0 Å². The van der Waals surface area contributed by atoms with Crippen molar-refractivity contribution < 1.29 is 17.8 Å². The van der Waals surface area contributed by atoms with Crippen LogP contribution < -0.4 is 0 Å². The van der Waals surface area contributed by atoms with Gasteiger partial charge in [-0.25, -0.2) is 13.8 Å². The first kappa shape index (κ1) is 26.3. The Hall–Kier alpha value is -3.92. The molecule has 0 amide bonds. The van der Waals surface area contributed by atoms with Crippen molar-refractivity contribution in [3.63, 3.8) is 0 Å². The normalized spacial score (nSPS) is 22.5. The summed E-state index contributed by atoms with van der Waals surface area (Å²) in [6.45, 7) is 1.93. The molecule has 3 aromatic heterocycles. The number of hydrogen-bond donors (Lipinski definition) is 0. The molecule has 0 saturated heterocycles. The van der Waals surface area contributed by atoms with E-state index in [1.54, 1.807) is 42.6 Å². The molecule has 7 nitrogen and oxygen atoms in total. The fourth-order valence-electron chi connectivity index (χ4n) is 6.20. The number of aromatic nitrogens is 5. The number of imidazole rings is 1. The number of carbonyl (C=O) groups is 1. The quantitative estimate of drug-likeness (QED) is 0.243. The third-order valence-corrected chi connectivity index (χ3v) is 11.1. The molecule has 4 atom stereocenters. The number of Topliss-reactive ketones (excluding diaryl/α,β-unsaturated/α-hetero) is 1. The number of allylic oxidation sites excluding steroid dienone is 1. The number of carbonyl (C=O) groups excluding carboxylic acids is 1. The van der Waals surface area contributed by atoms with Crippen molar-refractivity contribution >= 4 is 27.3 Å². The molecule has 3 heterocycles. The number of benzene rings is 1. The number of hydrogen-bond acceptors (Lipinski definition) is 5. The molecule has 2 aliphatic rings. The van der Waals surface area contributed by atoms with Gasteiger partial charge in [0.05, 0.1) is 34.2 Å². The molecular formula is C30H29F2N5O2S. The van der Waals surface area contributed by atoms with Gasteiger partial charge in [-0.1, -0.05) is 12.5 Å². The molecule has 0 N–H and O–H groups in total. The largest absolute Gasteiger partial charge is 0.299 e. The molecule has 4 aromatic rings. The van der Waals surface area contributed by atoms with Gasteiger partial charge >= 0.3 is 0 Å². The van der Waals surface area contributed by atoms with Gasteiger partial charge in [0.1, 0.15) is 17.3 Å². The second kappa shape index (κ2) is 9.62. The van der Waals surface area contributed by atoms with Crippen molar-refractivity contribution in [3.05, 3.63) is 95.6 Å². The summed E-state index contributed by atoms with van der Waals surface area (Å²) >= 11 is 0. The SMILES string of the molecule is C=S(=O)(c1cnn(C)c1)C(C)[C@H]1CCC2=Cc3c(ncn3-c3ccc(F)cc3)C[C@]2(C(=O)c2cc(F)ccn2)C1. The van der Waals surface area contributed by atoms with Crippen molar-refractivity contribution in [3.8, 4) is 5.69 Å². The lowest BCUT2D eigenvalue weighted by molar-refractivity contribution is 0.0752. The highest BCUT2D eigenvalue weighted by Crippen LogP contribution is 2.53. The summed E-state index contributed by atoms with van der Waals surface area (Å²) < 4.78 is 45.3. The van der Waals surface area contributed by atoms with E-state index in [0.29, 0.717) is 36.3 Å². The zero-order valence-electron chi connectivity index (χ0n) is 22.3. The minimum Gasteiger partial charge on any atom is -0.299 e. The Balaban J connectivity index is 1.43. The van der Waals surface area contributed by atoms with Crippen molar-refractivity contribution in [1.82, 2.24) is 24.3 Å². The molecule has 2 unspecified atom stereocenters. The Morgan fingerprint density at radius 1 is 1.18 bits per heavy atom. The van der Waals surface area contributed by atoms with E-state index in [-0.39, 0.29) is 28.5 Å². The van der Waals surface area contributed by atoms with E-state index in [1.165, 1.54) is 30.5 Å². The van der Waals surface area contributed by atoms with Gasteiger partial charge in [0.25, 0.3) is 0 Å². The predicted octanol–water partition coefficient (Wildman–Crippen LogP) is 5.05. The maximum atomic E-state index is 14.3. The van der Waals surface area contributed by atoms with Crippen molar-refractivity contribution in [2.75, 3.05) is 0 Å². The van der Waals surface area contributed by atoms with Crippen LogP contribution in [-0.2, 0) is 23.0 Å². The van der Waals surface area contributed by atoms with Gasteiger partial charge in [-0.2, -0.15) is 5.10 Å². The second-order valence-electron chi connectivity index (χ2n) is 10.8. The first-order chi connectivity index (χ1) is 19.1. The lowest BCUT2D eigenvalue weighted by atomic mass is 9.59. The Morgan fingerprint density at radius 3 is 2.65 bits per heavy atom. The second-order valence-corrected chi connectivity index (χ2v) is 13.5. The zero-order valence-corrected chi connectivity index (χ0v) is 23.1. The summed E-state index contributed by atoms with van der Waals surface area (Å²) in [5.41, 5.74) is 2.27. The first-order valence-corrected chi connectivity index (χ1v) is 14.9. The van der Waals surface area contributed by atoms with E-state index in [9.17, 15) is 17.8 Å². The van der Waals surface area contributed by atoms with Crippen LogP contribution in [0.1, 0.15) is 48.1 Å². The third-order valence-electron chi connectivity index (χ3n) is 8.51. The minimum atomic E-state index is -2.72. The van der Waals surface area contributed by atoms with Crippen LogP contribution in [0.15, 0.2) is 71.8 Å². The molecule has 0 bridgehead atoms. The number of nitrogens with zero attached hydrogens (tertiary/aromatic N) is 5. The summed E-state index contributed by atoms with van der Waals surface area (Å²) in [5.74, 6) is 2.89. The molecule has 2 aliphatic carbocycles. The standard InChI is InChI=1S/C30H29F2N5O2S/c1-19(40(3,39)25-16-35-36(2)17-25)20-4-5-21-12-28-27(34-18-37(28)24-8-6-22(31)7-9-24)15-30(21,14-20)29(38)26-13-23(32)10-11-33-26/h6-13,16-20H,3-5,14-15H2,1-2H3/t19?,20-,30+,40?/m0/s1. The molecule has 206 valence electrons. The smallest absolute Gasteiger partial charge is 0.191 e. The fraction of sp³-hybridized carbons (Fsp3) is 0.300. The lowest BCUT2D eigenvalue weighted by Crippen LogP contribution is -2.45. The molecule has 0 aliphatic heterocycles. The Morgan fingerprint density at radius 2 is 1.95 bits per heavy atom. The van der Waals surface area contributed by atoms with E-state index < -0.39 is 20.8 Å². The molecule has 6 rings (SSSR count). The van der Waals surface area contributed by atoms with Crippen molar-refractivity contribution in [2.24, 2.45) is 18.4 Å². The monoisotopic (exact) mass is 561 g/mol. The summed E-state index contributed by atoms with van der Waals surface area (Å²) in [6.07, 6.45) is 10.3. The maximum Gasteiger partial charge on any atom is 0.191 e. The highest BCUT2D eigenvalue weighted by molar-refractivity contribution is 8.00. The van der Waals surface area contributed by atoms with E-state index in [2.05, 4.69) is 20.9 Å². The average molecular weight is 562 g/mol. The highest BCUT2D eigenvalue weighted by Gasteiger charge is 2.51. The first-order valence-electron chi connectivity index (χ1n) is 13.1. The summed E-state index contributed by atoms with van der Waals surface area (Å²) in [5, 5.41) is 3.85. The number of rotatable bonds is 6. The predicted molar refractivity (Wildman–Crippen MR) is 150 cm³/mol. The minimum absolute atomic E-state index is 0.0586. The van der Waals surface area contributed by atoms with Gasteiger partial charge in [-0.3, -0.25) is 23.2 Å². The molecule has 1 saturated carbocycles. The van der Waals surface area contributed by atoms with E-state index in [4.69, 9.17) is 0 Å². The van der Waals surface area contributed by atoms with Crippen LogP contribution >= 0.6 is 0 Å². The summed E-state index contributed by atoms with van der Waals surface area (Å²) in [4.78, 5) is 23.7. The van der Waals surface area contributed by atoms with Gasteiger partial charge in [-0.15, -0.1) is 0 Å². The van der Waals surface area contributed by atoms with Gasteiger partial charge in [0.2, 0.25) is 0 Å². The third kappa shape index (κ3) is 4.30. The molecule has 0 radical (unpaired) electrons. The van der Waals surface area contributed by atoms with Gasteiger partial charge in [0, 0.05) is 52.4 Å². The molecule has 1 aromatic carbocycles. The van der Waals surface area contributed by atoms with Crippen LogP contribution in [0.5, 0.6) is 0 Å². The van der Waals surface area contributed by atoms with E-state index >= 15 is 0 Å². The average Bonchev–Trinajstić information content (AvgIpc) is 3.57. The Bertz CT molecular complexity index is 1760. The van der Waals surface area contributed by atoms with Gasteiger partial charge in [-0.05, 0) is 67.5 Å². The van der Waals surface area contributed by atoms with Gasteiger partial charge < -0.3 is 0 Å². The number of pyridine rings is 1. The lowest BCUT2D eigenvalue weighted by Gasteiger charge is -2.45. The summed E-state index contributed by atoms with van der Waals surface area (Å²) in [7, 11) is -0.946. The summed E-state index contributed by atoms with van der Waals surface area (Å²) in [6, 6.07) is 8.54. The van der Waals surface area contributed by atoms with Crippen molar-refractivity contribution in [2.45, 2.75) is 42.8 Å². The number of aryl methyl sites for hydroxylation is 1. The maximum absolute atomic E-state index is 14.3. The van der Waals surface area contributed by atoms with E-state index in [1.807, 2.05) is 17.6 Å². The van der Waals surface area contributed by atoms with Crippen LogP contribution in [0.3, 0.4) is 0 Å². The zero-order chi connectivity index (χ0) is 28.2. The fourth-order valence-corrected chi connectivity index (χ4v) is 8.04. The molecule has 0 spiro atoms. The molecule has 40 heavy (non-hydrogen) atoms. The highest BCUT2D eigenvalue weighted by atomic mass is 32.2. The topological polar surface area (TPSA) is 82.7 Å². The Labute approximate surface area is 231 Å². The Kier molecular flexibility index (Phi) is 6.33. The van der Waals surface area contributed by atoms with Crippen LogP contribution in [0.2, 0.25) is 0 Å². The van der Waals surface area contributed by atoms with Crippen LogP contribution in [-0.4, -0.2) is 45.4 Å². The number of ketones is 1. The van der Waals surface area contributed by atoms with Crippen LogP contribution in [0.4, 0.5) is 8.78 Å². The van der Waals surface area contributed by atoms with Gasteiger partial charge in [0.15, 0.2) is 5.78 Å². The number of halogens is 2. The molecule has 10 heteroatoms. The van der Waals surface area contributed by atoms with Crippen LogP contribution in [0, 0.1) is 23.0 Å². The molecular weight excluding hydrogens is 532 g/mol. The molecule has 1 fully saturated rings. The van der Waals surface area contributed by atoms with Crippen molar-refractivity contribution in [1.29, 1.82) is 0 Å². The van der Waals surface area contributed by atoms with Crippen LogP contribution in [0.25, 0.3) is 11.8 Å². The number of fused-ring (bicyclic) bond motifs is 2.